The van der Waals surface area contributed by atoms with Crippen molar-refractivity contribution in [1.29, 1.82) is 0 Å². The van der Waals surface area contributed by atoms with Crippen LogP contribution in [0.2, 0.25) is 0 Å². The summed E-state index contributed by atoms with van der Waals surface area (Å²) < 4.78 is 11.0. The third-order valence-electron chi connectivity index (χ3n) is 6.63. The second-order valence-electron chi connectivity index (χ2n) is 11.0. The van der Waals surface area contributed by atoms with Crippen molar-refractivity contribution in [1.82, 2.24) is 10.2 Å². The average Bonchev–Trinajstić information content (AvgIpc) is 3.68. The van der Waals surface area contributed by atoms with E-state index >= 15 is 0 Å². The highest BCUT2D eigenvalue weighted by Gasteiger charge is 2.42. The van der Waals surface area contributed by atoms with Crippen LogP contribution in [0.3, 0.4) is 0 Å². The third-order valence-corrected chi connectivity index (χ3v) is 6.63. The predicted octanol–water partition coefficient (Wildman–Crippen LogP) is 6.13. The molecule has 0 bridgehead atoms. The Hall–Kier alpha value is -4.13. The highest BCUT2D eigenvalue weighted by Crippen LogP contribution is 2.43. The fourth-order valence-corrected chi connectivity index (χ4v) is 4.40. The first-order valence-electron chi connectivity index (χ1n) is 13.2. The molecule has 3 aromatic carbocycles. The van der Waals surface area contributed by atoms with Gasteiger partial charge < -0.3 is 19.7 Å². The minimum atomic E-state index is -0.736. The van der Waals surface area contributed by atoms with E-state index in [1.165, 1.54) is 4.90 Å². The van der Waals surface area contributed by atoms with Crippen LogP contribution in [0.25, 0.3) is 0 Å². The molecule has 204 valence electrons. The summed E-state index contributed by atoms with van der Waals surface area (Å²) in [6.45, 7) is 5.84. The van der Waals surface area contributed by atoms with Crippen LogP contribution in [0.4, 0.5) is 9.59 Å². The Morgan fingerprint density at radius 3 is 2.08 bits per heavy atom. The highest BCUT2D eigenvalue weighted by molar-refractivity contribution is 6.01. The van der Waals surface area contributed by atoms with Crippen molar-refractivity contribution >= 4 is 18.0 Å². The van der Waals surface area contributed by atoms with E-state index in [-0.39, 0.29) is 30.0 Å². The van der Waals surface area contributed by atoms with Gasteiger partial charge in [-0.3, -0.25) is 4.79 Å². The molecule has 7 heteroatoms. The van der Waals surface area contributed by atoms with E-state index in [2.05, 4.69) is 5.32 Å². The van der Waals surface area contributed by atoms with Gasteiger partial charge in [-0.05, 0) is 43.9 Å². The van der Waals surface area contributed by atoms with Crippen LogP contribution in [0, 0.1) is 0 Å². The van der Waals surface area contributed by atoms with Crippen molar-refractivity contribution in [2.75, 3.05) is 7.05 Å². The number of rotatable bonds is 9. The van der Waals surface area contributed by atoms with Crippen LogP contribution >= 0.6 is 0 Å². The van der Waals surface area contributed by atoms with Gasteiger partial charge in [-0.15, -0.1) is 0 Å². The average molecular weight is 529 g/mol. The van der Waals surface area contributed by atoms with E-state index in [4.69, 9.17) is 9.47 Å². The Bertz CT molecular complexity index is 1270. The zero-order valence-electron chi connectivity index (χ0n) is 22.9. The number of ketones is 1. The molecule has 0 heterocycles. The van der Waals surface area contributed by atoms with E-state index in [0.29, 0.717) is 12.0 Å². The Labute approximate surface area is 230 Å². The second kappa shape index (κ2) is 12.2. The largest absolute Gasteiger partial charge is 0.446 e. The summed E-state index contributed by atoms with van der Waals surface area (Å²) >= 11 is 0. The quantitative estimate of drug-likeness (QED) is 0.338. The first kappa shape index (κ1) is 27.9. The molecule has 7 nitrogen and oxygen atoms in total. The number of hydrogen-bond acceptors (Lipinski definition) is 5. The molecule has 2 amide bonds. The molecule has 0 radical (unpaired) electrons. The van der Waals surface area contributed by atoms with Gasteiger partial charge in [-0.1, -0.05) is 84.9 Å². The number of Topliss-reactive ketones (excluding diaryl/α,β-unsaturated/α-hetero) is 1. The fraction of sp³-hybridized carbons (Fsp3) is 0.344. The minimum absolute atomic E-state index is 0.107. The zero-order valence-corrected chi connectivity index (χ0v) is 22.9. The van der Waals surface area contributed by atoms with Gasteiger partial charge in [0.2, 0.25) is 0 Å². The summed E-state index contributed by atoms with van der Waals surface area (Å²) in [4.78, 5) is 40.1. The molecule has 1 aliphatic carbocycles. The molecule has 0 aromatic heterocycles. The molecule has 0 saturated heterocycles. The van der Waals surface area contributed by atoms with Crippen LogP contribution in [-0.4, -0.2) is 47.6 Å². The van der Waals surface area contributed by atoms with Crippen LogP contribution in [0.15, 0.2) is 84.9 Å². The van der Waals surface area contributed by atoms with Gasteiger partial charge in [0, 0.05) is 30.5 Å². The molecule has 39 heavy (non-hydrogen) atoms. The maximum Gasteiger partial charge on any atom is 0.410 e. The molecule has 1 aliphatic rings. The monoisotopic (exact) mass is 528 g/mol. The summed E-state index contributed by atoms with van der Waals surface area (Å²) in [6, 6.07) is 25.7. The maximum absolute atomic E-state index is 13.7. The Morgan fingerprint density at radius 1 is 0.897 bits per heavy atom. The Balaban J connectivity index is 1.43. The van der Waals surface area contributed by atoms with Crippen LogP contribution in [0.5, 0.6) is 0 Å². The first-order chi connectivity index (χ1) is 18.6. The molecule has 3 atom stereocenters. The molecular weight excluding hydrogens is 492 g/mol. The summed E-state index contributed by atoms with van der Waals surface area (Å²) in [6.07, 6.45) is -0.0497. The minimum Gasteiger partial charge on any atom is -0.446 e. The molecule has 1 fully saturated rings. The topological polar surface area (TPSA) is 84.9 Å². The van der Waals surface area contributed by atoms with Gasteiger partial charge in [-0.25, -0.2) is 9.59 Å². The van der Waals surface area contributed by atoms with E-state index in [0.717, 1.165) is 23.1 Å². The van der Waals surface area contributed by atoms with Gasteiger partial charge in [0.05, 0.1) is 0 Å². The van der Waals surface area contributed by atoms with Crippen molar-refractivity contribution in [3.63, 3.8) is 0 Å². The van der Waals surface area contributed by atoms with E-state index in [1.807, 2.05) is 93.6 Å². The molecule has 1 N–H and O–H groups in total. The Morgan fingerprint density at radius 2 is 1.49 bits per heavy atom. The summed E-state index contributed by atoms with van der Waals surface area (Å²) in [5.74, 6) is -0.0617. The maximum atomic E-state index is 13.7. The molecule has 0 aliphatic heterocycles. The van der Waals surface area contributed by atoms with E-state index in [1.54, 1.807) is 19.2 Å². The van der Waals surface area contributed by atoms with Crippen molar-refractivity contribution in [3.05, 3.63) is 107 Å². The third kappa shape index (κ3) is 7.93. The number of carbonyl (C=O) groups is 3. The number of alkyl carbamates (subject to hydrolysis) is 1. The van der Waals surface area contributed by atoms with Crippen molar-refractivity contribution in [2.45, 2.75) is 63.8 Å². The molecule has 0 spiro atoms. The Kier molecular flexibility index (Phi) is 8.69. The number of carbonyl (C=O) groups excluding carboxylic acids is 3. The number of likely N-dealkylation sites (N-methyl/N-ethyl adjacent to an activating group) is 1. The molecular formula is C32H36N2O5. The van der Waals surface area contributed by atoms with Gasteiger partial charge in [0.15, 0.2) is 5.78 Å². The lowest BCUT2D eigenvalue weighted by Gasteiger charge is -2.27. The summed E-state index contributed by atoms with van der Waals surface area (Å²) in [5, 5.41) is 2.81. The van der Waals surface area contributed by atoms with E-state index < -0.39 is 18.2 Å². The lowest BCUT2D eigenvalue weighted by Crippen LogP contribution is -2.44. The standard InChI is InChI=1S/C32H36N2O5/c1-32(2,3)33-30(36)39-28-20-26(28)24-15-17-25(18-16-24)29(35)27(19-22-11-7-5-8-12-22)34(4)31(37)38-21-23-13-9-6-10-14-23/h5-18,26-28H,19-21H2,1-4H3,(H,33,36)/t26?,27-,28?/m0/s1. The highest BCUT2D eigenvalue weighted by atomic mass is 16.6. The van der Waals surface area contributed by atoms with E-state index in [9.17, 15) is 14.4 Å². The van der Waals surface area contributed by atoms with Gasteiger partial charge in [-0.2, -0.15) is 0 Å². The van der Waals surface area contributed by atoms with Gasteiger partial charge >= 0.3 is 12.2 Å². The van der Waals surface area contributed by atoms with Crippen molar-refractivity contribution in [3.8, 4) is 0 Å². The SMILES string of the molecule is CN(C(=O)OCc1ccccc1)[C@@H](Cc1ccccc1)C(=O)c1ccc(C2CC2OC(=O)NC(C)(C)C)cc1. The first-order valence-corrected chi connectivity index (χ1v) is 13.2. The molecule has 4 rings (SSSR count). The smallest absolute Gasteiger partial charge is 0.410 e. The lowest BCUT2D eigenvalue weighted by molar-refractivity contribution is 0.0717. The van der Waals surface area contributed by atoms with Gasteiger partial charge in [0.25, 0.3) is 0 Å². The predicted molar refractivity (Wildman–Crippen MR) is 150 cm³/mol. The molecule has 2 unspecified atom stereocenters. The number of ether oxygens (including phenoxy) is 2. The molecule has 1 saturated carbocycles. The van der Waals surface area contributed by atoms with Crippen molar-refractivity contribution in [2.24, 2.45) is 0 Å². The van der Waals surface area contributed by atoms with Crippen LogP contribution in [0.1, 0.15) is 60.2 Å². The number of benzene rings is 3. The second-order valence-corrected chi connectivity index (χ2v) is 11.0. The normalized spacial score (nSPS) is 17.0. The summed E-state index contributed by atoms with van der Waals surface area (Å²) in [7, 11) is 1.60. The number of nitrogens with zero attached hydrogens (tertiary/aromatic N) is 1. The summed E-state index contributed by atoms with van der Waals surface area (Å²) in [5.41, 5.74) is 2.97. The van der Waals surface area contributed by atoms with Crippen LogP contribution < -0.4 is 5.32 Å². The fourth-order valence-electron chi connectivity index (χ4n) is 4.40. The number of amides is 2. The lowest BCUT2D eigenvalue weighted by atomic mass is 9.95. The van der Waals surface area contributed by atoms with Crippen LogP contribution in [-0.2, 0) is 22.5 Å². The van der Waals surface area contributed by atoms with Gasteiger partial charge in [0.1, 0.15) is 18.8 Å². The number of hydrogen-bond donors (Lipinski definition) is 1. The molecule has 3 aromatic rings. The number of nitrogens with one attached hydrogen (secondary N) is 1. The van der Waals surface area contributed by atoms with Crippen molar-refractivity contribution < 1.29 is 23.9 Å². The zero-order chi connectivity index (χ0) is 28.0.